The number of anilines is 1. The van der Waals surface area contributed by atoms with E-state index in [1.165, 1.54) is 16.7 Å². The molecule has 0 atom stereocenters. The fourth-order valence-electron chi connectivity index (χ4n) is 3.87. The molecule has 0 saturated heterocycles. The van der Waals surface area contributed by atoms with E-state index in [-0.39, 0.29) is 16.1 Å². The summed E-state index contributed by atoms with van der Waals surface area (Å²) in [5, 5.41) is 2.52. The maximum absolute atomic E-state index is 13.5. The van der Waals surface area contributed by atoms with Crippen LogP contribution in [0.5, 0.6) is 0 Å². The van der Waals surface area contributed by atoms with Crippen molar-refractivity contribution < 1.29 is 13.2 Å². The van der Waals surface area contributed by atoms with Crippen molar-refractivity contribution in [3.8, 4) is 5.69 Å². The van der Waals surface area contributed by atoms with Crippen molar-refractivity contribution in [1.29, 1.82) is 0 Å². The first-order valence-corrected chi connectivity index (χ1v) is 12.8. The van der Waals surface area contributed by atoms with Gasteiger partial charge in [0.05, 0.1) is 10.6 Å². The second-order valence-corrected chi connectivity index (χ2v) is 9.81. The van der Waals surface area contributed by atoms with E-state index in [4.69, 9.17) is 0 Å². The molecule has 0 unspecified atom stereocenters. The summed E-state index contributed by atoms with van der Waals surface area (Å²) in [5.74, 6) is 0. The lowest BCUT2D eigenvalue weighted by Gasteiger charge is -2.13. The number of carbonyl (C=O) groups is 1. The van der Waals surface area contributed by atoms with Gasteiger partial charge in [-0.15, -0.1) is 0 Å². The van der Waals surface area contributed by atoms with Crippen LogP contribution >= 0.6 is 0 Å². The summed E-state index contributed by atoms with van der Waals surface area (Å²) in [6.45, 7) is 0. The number of sulfonamides is 1. The van der Waals surface area contributed by atoms with Crippen LogP contribution in [0.25, 0.3) is 16.9 Å². The Morgan fingerprint density at radius 2 is 1.59 bits per heavy atom. The lowest BCUT2D eigenvalue weighted by Crippen LogP contribution is -2.34. The van der Waals surface area contributed by atoms with E-state index in [1.807, 2.05) is 35.1 Å². The molecule has 2 N–H and O–H groups in total. The second-order valence-electron chi connectivity index (χ2n) is 8.13. The number of nitrogens with zero attached hydrogens (tertiary/aromatic N) is 3. The maximum atomic E-state index is 13.5. The van der Waals surface area contributed by atoms with Crippen molar-refractivity contribution in [2.45, 2.75) is 11.3 Å². The molecule has 2 aromatic heterocycles. The number of benzene rings is 3. The van der Waals surface area contributed by atoms with Crippen LogP contribution < -0.4 is 15.6 Å². The van der Waals surface area contributed by atoms with Gasteiger partial charge in [-0.3, -0.25) is 9.36 Å². The minimum absolute atomic E-state index is 0.0364. The van der Waals surface area contributed by atoms with E-state index >= 15 is 0 Å². The van der Waals surface area contributed by atoms with Gasteiger partial charge in [-0.25, -0.2) is 27.9 Å². The molecule has 0 aliphatic heterocycles. The summed E-state index contributed by atoms with van der Waals surface area (Å²) in [4.78, 5) is 34.9. The predicted molar refractivity (Wildman–Crippen MR) is 140 cm³/mol. The molecule has 37 heavy (non-hydrogen) atoms. The Balaban J connectivity index is 1.48. The second kappa shape index (κ2) is 10.0. The lowest BCUT2D eigenvalue weighted by molar-refractivity contribution is 0.256. The average molecular weight is 512 g/mol. The molecular weight excluding hydrogens is 490 g/mol. The average Bonchev–Trinajstić information content (AvgIpc) is 2.90. The number of fused-ring (bicyclic) bond motifs is 1. The molecule has 5 rings (SSSR count). The molecule has 2 heterocycles. The molecule has 184 valence electrons. The lowest BCUT2D eigenvalue weighted by atomic mass is 10.1. The molecular formula is C27H21N5O4S. The monoisotopic (exact) mass is 511 g/mol. The topological polar surface area (TPSA) is 123 Å². The Bertz CT molecular complexity index is 1750. The molecule has 5 aromatic rings. The van der Waals surface area contributed by atoms with E-state index in [0.717, 1.165) is 5.56 Å². The number of carbonyl (C=O) groups excluding carboxylic acids is 1. The summed E-state index contributed by atoms with van der Waals surface area (Å²) in [7, 11) is -4.05. The van der Waals surface area contributed by atoms with Gasteiger partial charge >= 0.3 is 6.03 Å². The molecule has 10 heteroatoms. The summed E-state index contributed by atoms with van der Waals surface area (Å²) in [6.07, 6.45) is 1.91. The molecule has 0 spiro atoms. The smallest absolute Gasteiger partial charge is 0.307 e. The van der Waals surface area contributed by atoms with Crippen LogP contribution in [0.4, 0.5) is 10.5 Å². The number of pyridine rings is 1. The number of aromatic nitrogens is 3. The van der Waals surface area contributed by atoms with Crippen LogP contribution in [-0.2, 0) is 16.4 Å². The van der Waals surface area contributed by atoms with Crippen molar-refractivity contribution in [1.82, 2.24) is 19.3 Å². The zero-order valence-electron chi connectivity index (χ0n) is 19.4. The summed E-state index contributed by atoms with van der Waals surface area (Å²) in [5.41, 5.74) is 2.56. The molecule has 0 bridgehead atoms. The van der Waals surface area contributed by atoms with Crippen molar-refractivity contribution in [3.63, 3.8) is 0 Å². The number of urea groups is 1. The molecule has 0 saturated carbocycles. The van der Waals surface area contributed by atoms with Crippen LogP contribution in [0.15, 0.2) is 113 Å². The first kappa shape index (κ1) is 23.9. The van der Waals surface area contributed by atoms with E-state index < -0.39 is 16.1 Å². The zero-order chi connectivity index (χ0) is 25.8. The van der Waals surface area contributed by atoms with Gasteiger partial charge in [0.15, 0.2) is 5.65 Å². The predicted octanol–water partition coefficient (Wildman–Crippen LogP) is 3.88. The molecule has 0 fully saturated rings. The quantitative estimate of drug-likeness (QED) is 0.357. The number of rotatable bonds is 6. The van der Waals surface area contributed by atoms with E-state index in [2.05, 4.69) is 15.3 Å². The first-order valence-electron chi connectivity index (χ1n) is 11.3. The molecule has 0 aliphatic rings. The molecule has 0 aliphatic carbocycles. The number of nitrogens with one attached hydrogen (secondary N) is 2. The third-order valence-electron chi connectivity index (χ3n) is 5.54. The molecule has 0 radical (unpaired) electrons. The van der Waals surface area contributed by atoms with Gasteiger partial charge in [0.1, 0.15) is 11.2 Å². The van der Waals surface area contributed by atoms with Gasteiger partial charge in [0, 0.05) is 18.3 Å². The van der Waals surface area contributed by atoms with Crippen molar-refractivity contribution >= 4 is 32.9 Å². The van der Waals surface area contributed by atoms with Gasteiger partial charge in [-0.1, -0.05) is 54.6 Å². The normalized spacial score (nSPS) is 11.2. The van der Waals surface area contributed by atoms with Crippen LogP contribution in [0.3, 0.4) is 0 Å². The third-order valence-corrected chi connectivity index (χ3v) is 6.89. The van der Waals surface area contributed by atoms with Crippen LogP contribution in [0.1, 0.15) is 11.3 Å². The highest BCUT2D eigenvalue weighted by molar-refractivity contribution is 7.90. The SMILES string of the molecule is O=C(Nc1cccc(-n2c(=O)c(Cc3ccccc3)nc3cccnc32)c1)NS(=O)(=O)c1ccccc1. The Morgan fingerprint density at radius 1 is 0.865 bits per heavy atom. The first-order chi connectivity index (χ1) is 17.9. The summed E-state index contributed by atoms with van der Waals surface area (Å²) in [6, 6.07) is 26.2. The van der Waals surface area contributed by atoms with Gasteiger partial charge in [0.25, 0.3) is 15.6 Å². The number of hydrogen-bond acceptors (Lipinski definition) is 6. The van der Waals surface area contributed by atoms with E-state index in [0.29, 0.717) is 29.0 Å². The molecule has 3 aromatic carbocycles. The van der Waals surface area contributed by atoms with E-state index in [9.17, 15) is 18.0 Å². The Morgan fingerprint density at radius 3 is 2.35 bits per heavy atom. The van der Waals surface area contributed by atoms with Crippen molar-refractivity contribution in [2.75, 3.05) is 5.32 Å². The summed E-state index contributed by atoms with van der Waals surface area (Å²) < 4.78 is 28.4. The van der Waals surface area contributed by atoms with Gasteiger partial charge in [-0.05, 0) is 48.0 Å². The Labute approximate surface area is 212 Å². The van der Waals surface area contributed by atoms with Gasteiger partial charge < -0.3 is 5.32 Å². The van der Waals surface area contributed by atoms with Crippen LogP contribution in [0.2, 0.25) is 0 Å². The van der Waals surface area contributed by atoms with E-state index in [1.54, 1.807) is 60.8 Å². The fourth-order valence-corrected chi connectivity index (χ4v) is 4.80. The largest absolute Gasteiger partial charge is 0.333 e. The van der Waals surface area contributed by atoms with Crippen molar-refractivity contribution in [2.24, 2.45) is 0 Å². The van der Waals surface area contributed by atoms with Crippen molar-refractivity contribution in [3.05, 3.63) is 125 Å². The Kier molecular flexibility index (Phi) is 6.48. The van der Waals surface area contributed by atoms with Crippen LogP contribution in [0, 0.1) is 0 Å². The Hall–Kier alpha value is -4.83. The highest BCUT2D eigenvalue weighted by Gasteiger charge is 2.18. The van der Waals surface area contributed by atoms with Gasteiger partial charge in [0.2, 0.25) is 0 Å². The minimum Gasteiger partial charge on any atom is -0.307 e. The minimum atomic E-state index is -4.05. The zero-order valence-corrected chi connectivity index (χ0v) is 20.2. The molecule has 2 amide bonds. The third kappa shape index (κ3) is 5.24. The summed E-state index contributed by atoms with van der Waals surface area (Å²) >= 11 is 0. The highest BCUT2D eigenvalue weighted by Crippen LogP contribution is 2.19. The highest BCUT2D eigenvalue weighted by atomic mass is 32.2. The number of amides is 2. The maximum Gasteiger partial charge on any atom is 0.333 e. The standard InChI is InChI=1S/C27H21N5O4S/c33-26-24(17-19-9-3-1-4-10-19)30-23-15-8-16-28-25(23)32(26)21-12-7-11-20(18-21)29-27(34)31-37(35,36)22-13-5-2-6-14-22/h1-16,18H,17H2,(H2,29,31,34). The fraction of sp³-hybridized carbons (Fsp3) is 0.0370. The van der Waals surface area contributed by atoms with Gasteiger partial charge in [-0.2, -0.15) is 0 Å². The van der Waals surface area contributed by atoms with Crippen LogP contribution in [-0.4, -0.2) is 29.0 Å². The number of hydrogen-bond donors (Lipinski definition) is 2. The molecule has 9 nitrogen and oxygen atoms in total.